The number of fused-ring (bicyclic) bond motifs is 1. The molecule has 5 nitrogen and oxygen atoms in total. The summed E-state index contributed by atoms with van der Waals surface area (Å²) in [6.07, 6.45) is 6.38. The summed E-state index contributed by atoms with van der Waals surface area (Å²) in [5.74, 6) is 0.120. The van der Waals surface area contributed by atoms with E-state index in [1.165, 1.54) is 12.3 Å². The lowest BCUT2D eigenvalue weighted by molar-refractivity contribution is -0.117. The number of hydrogen-bond donors (Lipinski definition) is 2. The highest BCUT2D eigenvalue weighted by atomic mass is 16.4. The van der Waals surface area contributed by atoms with Gasteiger partial charge in [0.05, 0.1) is 18.3 Å². The van der Waals surface area contributed by atoms with Crippen LogP contribution in [0.3, 0.4) is 0 Å². The van der Waals surface area contributed by atoms with Gasteiger partial charge in [-0.2, -0.15) is 0 Å². The lowest BCUT2D eigenvalue weighted by Gasteiger charge is -2.20. The van der Waals surface area contributed by atoms with Crippen molar-refractivity contribution >= 4 is 22.9 Å². The average Bonchev–Trinajstić information content (AvgIpc) is 3.14. The molecule has 0 spiro atoms. The van der Waals surface area contributed by atoms with E-state index in [0.717, 1.165) is 16.5 Å². The third-order valence-corrected chi connectivity index (χ3v) is 3.76. The summed E-state index contributed by atoms with van der Waals surface area (Å²) in [5.41, 5.74) is 0.533. The number of amides is 1. The molecule has 3 rings (SSSR count). The molecule has 0 radical (unpaired) electrons. The lowest BCUT2D eigenvalue weighted by Crippen LogP contribution is -2.37. The molecular formula is C19H18N2O3. The SMILES string of the molecule is CC(O)(CNC(=O)C=Cc1ccnc2ccccc12)c1ccco1. The van der Waals surface area contributed by atoms with Crippen molar-refractivity contribution in [3.63, 3.8) is 0 Å². The van der Waals surface area contributed by atoms with Crippen molar-refractivity contribution in [2.75, 3.05) is 6.54 Å². The van der Waals surface area contributed by atoms with Crippen molar-refractivity contribution in [1.82, 2.24) is 10.3 Å². The van der Waals surface area contributed by atoms with Gasteiger partial charge in [-0.25, -0.2) is 0 Å². The topological polar surface area (TPSA) is 75.4 Å². The van der Waals surface area contributed by atoms with E-state index >= 15 is 0 Å². The van der Waals surface area contributed by atoms with Crippen molar-refractivity contribution in [2.45, 2.75) is 12.5 Å². The third-order valence-electron chi connectivity index (χ3n) is 3.76. The van der Waals surface area contributed by atoms with Gasteiger partial charge in [0.2, 0.25) is 5.91 Å². The zero-order chi connectivity index (χ0) is 17.0. The maximum Gasteiger partial charge on any atom is 0.244 e. The highest BCUT2D eigenvalue weighted by molar-refractivity contribution is 5.95. The summed E-state index contributed by atoms with van der Waals surface area (Å²) in [4.78, 5) is 16.3. The number of carbonyl (C=O) groups excluding carboxylic acids is 1. The minimum Gasteiger partial charge on any atom is -0.466 e. The van der Waals surface area contributed by atoms with Crippen LogP contribution in [0.2, 0.25) is 0 Å². The molecule has 5 heteroatoms. The molecule has 3 aromatic rings. The maximum absolute atomic E-state index is 12.0. The van der Waals surface area contributed by atoms with Crippen LogP contribution in [0.5, 0.6) is 0 Å². The second-order valence-corrected chi connectivity index (χ2v) is 5.72. The Bertz CT molecular complexity index is 862. The van der Waals surface area contributed by atoms with Crippen LogP contribution in [0.4, 0.5) is 0 Å². The number of benzene rings is 1. The normalized spacial score (nSPS) is 13.9. The van der Waals surface area contributed by atoms with Gasteiger partial charge in [0, 0.05) is 17.7 Å². The number of aromatic nitrogens is 1. The van der Waals surface area contributed by atoms with Crippen molar-refractivity contribution in [3.8, 4) is 0 Å². The Kier molecular flexibility index (Phi) is 4.44. The van der Waals surface area contributed by atoms with Crippen LogP contribution in [0.1, 0.15) is 18.2 Å². The van der Waals surface area contributed by atoms with Gasteiger partial charge in [0.1, 0.15) is 11.4 Å². The smallest absolute Gasteiger partial charge is 0.244 e. The number of carbonyl (C=O) groups is 1. The summed E-state index contributed by atoms with van der Waals surface area (Å²) < 4.78 is 5.18. The largest absolute Gasteiger partial charge is 0.466 e. The number of hydrogen-bond acceptors (Lipinski definition) is 4. The molecule has 0 saturated carbocycles. The Labute approximate surface area is 139 Å². The van der Waals surface area contributed by atoms with Crippen LogP contribution in [0.15, 0.2) is 65.4 Å². The zero-order valence-corrected chi connectivity index (χ0v) is 13.3. The zero-order valence-electron chi connectivity index (χ0n) is 13.3. The Hall–Kier alpha value is -2.92. The van der Waals surface area contributed by atoms with Gasteiger partial charge in [0.15, 0.2) is 0 Å². The second kappa shape index (κ2) is 6.68. The number of aliphatic hydroxyl groups is 1. The summed E-state index contributed by atoms with van der Waals surface area (Å²) in [5, 5.41) is 14.0. The fourth-order valence-electron chi connectivity index (χ4n) is 2.42. The predicted molar refractivity (Wildman–Crippen MR) is 92.1 cm³/mol. The van der Waals surface area contributed by atoms with Gasteiger partial charge >= 0.3 is 0 Å². The number of nitrogens with zero attached hydrogens (tertiary/aromatic N) is 1. The minimum absolute atomic E-state index is 0.0563. The van der Waals surface area contributed by atoms with Crippen LogP contribution >= 0.6 is 0 Å². The third kappa shape index (κ3) is 3.52. The van der Waals surface area contributed by atoms with Crippen LogP contribution < -0.4 is 5.32 Å². The summed E-state index contributed by atoms with van der Waals surface area (Å²) in [6, 6.07) is 13.0. The fourth-order valence-corrected chi connectivity index (χ4v) is 2.42. The molecule has 0 fully saturated rings. The number of pyridine rings is 1. The molecule has 0 aliphatic heterocycles. The number of rotatable bonds is 5. The van der Waals surface area contributed by atoms with Gasteiger partial charge in [-0.05, 0) is 42.8 Å². The molecule has 122 valence electrons. The van der Waals surface area contributed by atoms with Crippen LogP contribution in [-0.2, 0) is 10.4 Å². The molecule has 2 N–H and O–H groups in total. The van der Waals surface area contributed by atoms with E-state index in [1.54, 1.807) is 31.3 Å². The highest BCUT2D eigenvalue weighted by Gasteiger charge is 2.26. The van der Waals surface area contributed by atoms with E-state index in [1.807, 2.05) is 30.3 Å². The van der Waals surface area contributed by atoms with Crippen molar-refractivity contribution in [2.24, 2.45) is 0 Å². The molecule has 0 aliphatic carbocycles. The lowest BCUT2D eigenvalue weighted by atomic mass is 10.0. The molecule has 2 aromatic heterocycles. The van der Waals surface area contributed by atoms with Crippen LogP contribution in [0.25, 0.3) is 17.0 Å². The molecule has 0 aliphatic rings. The molecule has 2 heterocycles. The quantitative estimate of drug-likeness (QED) is 0.708. The van der Waals surface area contributed by atoms with Gasteiger partial charge in [0.25, 0.3) is 0 Å². The van der Waals surface area contributed by atoms with Gasteiger partial charge in [-0.15, -0.1) is 0 Å². The van der Waals surface area contributed by atoms with Crippen molar-refractivity contribution in [3.05, 3.63) is 72.3 Å². The molecule has 1 unspecified atom stereocenters. The maximum atomic E-state index is 12.0. The van der Waals surface area contributed by atoms with Crippen LogP contribution in [0, 0.1) is 0 Å². The number of para-hydroxylation sites is 1. The predicted octanol–water partition coefficient (Wildman–Crippen LogP) is 2.86. The van der Waals surface area contributed by atoms with E-state index < -0.39 is 5.60 Å². The first-order chi connectivity index (χ1) is 11.6. The molecule has 24 heavy (non-hydrogen) atoms. The molecule has 0 saturated heterocycles. The number of furan rings is 1. The highest BCUT2D eigenvalue weighted by Crippen LogP contribution is 2.20. The second-order valence-electron chi connectivity index (χ2n) is 5.72. The molecular weight excluding hydrogens is 304 g/mol. The van der Waals surface area contributed by atoms with E-state index in [4.69, 9.17) is 4.42 Å². The van der Waals surface area contributed by atoms with E-state index in [-0.39, 0.29) is 12.5 Å². The van der Waals surface area contributed by atoms with Crippen molar-refractivity contribution in [1.29, 1.82) is 0 Å². The number of nitrogens with one attached hydrogen (secondary N) is 1. The summed E-state index contributed by atoms with van der Waals surface area (Å²) >= 11 is 0. The van der Waals surface area contributed by atoms with E-state index in [2.05, 4.69) is 10.3 Å². The van der Waals surface area contributed by atoms with E-state index in [0.29, 0.717) is 5.76 Å². The summed E-state index contributed by atoms with van der Waals surface area (Å²) in [7, 11) is 0. The first-order valence-corrected chi connectivity index (χ1v) is 7.62. The Balaban J connectivity index is 1.67. The standard InChI is InChI=1S/C19H18N2O3/c1-19(23,17-7-4-12-24-17)13-21-18(22)9-8-14-10-11-20-16-6-3-2-5-15(14)16/h2-12,23H,13H2,1H3,(H,21,22). The first kappa shape index (κ1) is 16.0. The Morgan fingerprint density at radius 3 is 2.92 bits per heavy atom. The molecule has 0 bridgehead atoms. The van der Waals surface area contributed by atoms with E-state index in [9.17, 15) is 9.90 Å². The average molecular weight is 322 g/mol. The first-order valence-electron chi connectivity index (χ1n) is 7.62. The van der Waals surface area contributed by atoms with Crippen molar-refractivity contribution < 1.29 is 14.3 Å². The van der Waals surface area contributed by atoms with Gasteiger partial charge in [-0.1, -0.05) is 18.2 Å². The molecule has 1 aromatic carbocycles. The van der Waals surface area contributed by atoms with Crippen LogP contribution in [-0.4, -0.2) is 22.5 Å². The van der Waals surface area contributed by atoms with Gasteiger partial charge in [-0.3, -0.25) is 9.78 Å². The summed E-state index contributed by atoms with van der Waals surface area (Å²) in [6.45, 7) is 1.65. The van der Waals surface area contributed by atoms with Gasteiger partial charge < -0.3 is 14.8 Å². The Morgan fingerprint density at radius 2 is 2.12 bits per heavy atom. The fraction of sp³-hybridized carbons (Fsp3) is 0.158. The Morgan fingerprint density at radius 1 is 1.29 bits per heavy atom. The minimum atomic E-state index is -1.25. The molecule has 1 amide bonds. The monoisotopic (exact) mass is 322 g/mol. The molecule has 1 atom stereocenters.